The molecule has 1 N–H and O–H groups in total. The van der Waals surface area contributed by atoms with E-state index in [4.69, 9.17) is 0 Å². The largest absolute Gasteiger partial charge is 0.317 e. The lowest BCUT2D eigenvalue weighted by atomic mass is 9.97. The molecule has 0 saturated carbocycles. The second-order valence-electron chi connectivity index (χ2n) is 4.98. The Balaban J connectivity index is 0.00000180. The van der Waals surface area contributed by atoms with Gasteiger partial charge in [-0.2, -0.15) is 0 Å². The summed E-state index contributed by atoms with van der Waals surface area (Å²) in [6.45, 7) is 4.45. The lowest BCUT2D eigenvalue weighted by Crippen LogP contribution is -2.27. The highest BCUT2D eigenvalue weighted by Crippen LogP contribution is 2.26. The standard InChI is InChI=1S/C13H24N4S.ClH/c1-3-4-5-10-18-13-16-15-12(17(13)2)11-6-8-14-9-7-11;/h11,14H,3-10H2,1-2H3;1H. The summed E-state index contributed by atoms with van der Waals surface area (Å²) in [7, 11) is 2.11. The molecule has 1 aliphatic rings. The zero-order valence-corrected chi connectivity index (χ0v) is 13.5. The van der Waals surface area contributed by atoms with E-state index in [2.05, 4.69) is 34.1 Å². The third-order valence-electron chi connectivity index (χ3n) is 3.55. The molecule has 4 nitrogen and oxygen atoms in total. The van der Waals surface area contributed by atoms with Gasteiger partial charge in [-0.25, -0.2) is 0 Å². The molecule has 0 amide bonds. The van der Waals surface area contributed by atoms with Crippen molar-refractivity contribution in [2.75, 3.05) is 18.8 Å². The molecule has 0 spiro atoms. The van der Waals surface area contributed by atoms with Crippen LogP contribution in [0, 0.1) is 0 Å². The number of aromatic nitrogens is 3. The highest BCUT2D eigenvalue weighted by atomic mass is 35.5. The first-order chi connectivity index (χ1) is 8.83. The lowest BCUT2D eigenvalue weighted by molar-refractivity contribution is 0.434. The van der Waals surface area contributed by atoms with Crippen molar-refractivity contribution in [3.63, 3.8) is 0 Å². The summed E-state index contributed by atoms with van der Waals surface area (Å²) in [6.07, 6.45) is 6.24. The third kappa shape index (κ3) is 4.65. The van der Waals surface area contributed by atoms with Gasteiger partial charge in [0.15, 0.2) is 5.16 Å². The summed E-state index contributed by atoms with van der Waals surface area (Å²) in [5, 5.41) is 13.2. The second kappa shape index (κ2) is 8.82. The average molecular weight is 305 g/mol. The minimum absolute atomic E-state index is 0. The van der Waals surface area contributed by atoms with Crippen LogP contribution < -0.4 is 5.32 Å². The Morgan fingerprint density at radius 2 is 2.00 bits per heavy atom. The first kappa shape index (κ1) is 16.8. The molecule has 2 rings (SSSR count). The van der Waals surface area contributed by atoms with Crippen LogP contribution >= 0.6 is 24.2 Å². The quantitative estimate of drug-likeness (QED) is 0.648. The van der Waals surface area contributed by atoms with Gasteiger partial charge in [-0.05, 0) is 32.4 Å². The Labute approximate surface area is 126 Å². The van der Waals surface area contributed by atoms with Gasteiger partial charge in [0.2, 0.25) is 0 Å². The molecule has 6 heteroatoms. The van der Waals surface area contributed by atoms with E-state index in [1.165, 1.54) is 37.9 Å². The highest BCUT2D eigenvalue weighted by molar-refractivity contribution is 7.99. The predicted molar refractivity (Wildman–Crippen MR) is 83.3 cm³/mol. The monoisotopic (exact) mass is 304 g/mol. The maximum Gasteiger partial charge on any atom is 0.190 e. The topological polar surface area (TPSA) is 42.7 Å². The fourth-order valence-electron chi connectivity index (χ4n) is 2.40. The molecule has 1 aromatic rings. The molecule has 1 aliphatic heterocycles. The molecule has 0 atom stereocenters. The number of hydrogen-bond donors (Lipinski definition) is 1. The minimum Gasteiger partial charge on any atom is -0.317 e. The van der Waals surface area contributed by atoms with E-state index >= 15 is 0 Å². The molecule has 1 aromatic heterocycles. The van der Waals surface area contributed by atoms with E-state index in [0.717, 1.165) is 24.0 Å². The number of piperidine rings is 1. The van der Waals surface area contributed by atoms with Crippen LogP contribution in [0.4, 0.5) is 0 Å². The highest BCUT2D eigenvalue weighted by Gasteiger charge is 2.21. The van der Waals surface area contributed by atoms with Gasteiger partial charge >= 0.3 is 0 Å². The Morgan fingerprint density at radius 3 is 2.68 bits per heavy atom. The summed E-state index contributed by atoms with van der Waals surface area (Å²) in [5.41, 5.74) is 0. The average Bonchev–Trinajstić information content (AvgIpc) is 2.77. The van der Waals surface area contributed by atoms with Crippen molar-refractivity contribution >= 4 is 24.2 Å². The molecule has 110 valence electrons. The van der Waals surface area contributed by atoms with Crippen molar-refractivity contribution in [2.45, 2.75) is 50.1 Å². The Bertz CT molecular complexity index is 364. The van der Waals surface area contributed by atoms with Gasteiger partial charge in [-0.1, -0.05) is 31.5 Å². The zero-order chi connectivity index (χ0) is 12.8. The first-order valence-corrected chi connectivity index (χ1v) is 8.04. The summed E-state index contributed by atoms with van der Waals surface area (Å²) in [4.78, 5) is 0. The van der Waals surface area contributed by atoms with Crippen molar-refractivity contribution in [1.82, 2.24) is 20.1 Å². The molecule has 2 heterocycles. The minimum atomic E-state index is 0. The van der Waals surface area contributed by atoms with E-state index in [1.54, 1.807) is 0 Å². The Kier molecular flexibility index (Phi) is 7.80. The van der Waals surface area contributed by atoms with Crippen molar-refractivity contribution in [3.05, 3.63) is 5.82 Å². The van der Waals surface area contributed by atoms with Gasteiger partial charge in [0.05, 0.1) is 0 Å². The predicted octanol–water partition coefficient (Wildman–Crippen LogP) is 2.99. The maximum atomic E-state index is 4.40. The number of halogens is 1. The van der Waals surface area contributed by atoms with E-state index in [1.807, 2.05) is 11.8 Å². The SMILES string of the molecule is CCCCCSc1nnc(C2CCNCC2)n1C.Cl. The fourth-order valence-corrected chi connectivity index (χ4v) is 3.32. The summed E-state index contributed by atoms with van der Waals surface area (Å²) in [5.74, 6) is 2.93. The molecule has 0 bridgehead atoms. The molecular formula is C13H25ClN4S. The molecule has 19 heavy (non-hydrogen) atoms. The number of rotatable bonds is 6. The van der Waals surface area contributed by atoms with E-state index in [-0.39, 0.29) is 12.4 Å². The molecule has 0 aromatic carbocycles. The van der Waals surface area contributed by atoms with Gasteiger partial charge < -0.3 is 9.88 Å². The van der Waals surface area contributed by atoms with Crippen LogP contribution in [0.5, 0.6) is 0 Å². The Morgan fingerprint density at radius 1 is 1.26 bits per heavy atom. The molecular weight excluding hydrogens is 280 g/mol. The van der Waals surface area contributed by atoms with Gasteiger partial charge in [0.25, 0.3) is 0 Å². The van der Waals surface area contributed by atoms with Crippen LogP contribution in [-0.2, 0) is 7.05 Å². The van der Waals surface area contributed by atoms with Crippen molar-refractivity contribution in [2.24, 2.45) is 7.05 Å². The van der Waals surface area contributed by atoms with Crippen LogP contribution in [0.25, 0.3) is 0 Å². The number of nitrogens with zero attached hydrogens (tertiary/aromatic N) is 3. The third-order valence-corrected chi connectivity index (χ3v) is 4.66. The Hall–Kier alpha value is -0.260. The van der Waals surface area contributed by atoms with Crippen LogP contribution in [0.3, 0.4) is 0 Å². The van der Waals surface area contributed by atoms with Crippen molar-refractivity contribution < 1.29 is 0 Å². The molecule has 0 aliphatic carbocycles. The van der Waals surface area contributed by atoms with Crippen molar-refractivity contribution in [3.8, 4) is 0 Å². The van der Waals surface area contributed by atoms with Crippen LogP contribution in [-0.4, -0.2) is 33.6 Å². The zero-order valence-electron chi connectivity index (χ0n) is 11.9. The molecule has 0 unspecified atom stereocenters. The van der Waals surface area contributed by atoms with E-state index in [9.17, 15) is 0 Å². The summed E-state index contributed by atoms with van der Waals surface area (Å²) in [6, 6.07) is 0. The summed E-state index contributed by atoms with van der Waals surface area (Å²) >= 11 is 1.85. The van der Waals surface area contributed by atoms with Gasteiger partial charge in [0, 0.05) is 18.7 Å². The molecule has 1 fully saturated rings. The van der Waals surface area contributed by atoms with Gasteiger partial charge in [-0.15, -0.1) is 22.6 Å². The first-order valence-electron chi connectivity index (χ1n) is 7.05. The number of hydrogen-bond acceptors (Lipinski definition) is 4. The smallest absolute Gasteiger partial charge is 0.190 e. The van der Waals surface area contributed by atoms with Gasteiger partial charge in [-0.3, -0.25) is 0 Å². The van der Waals surface area contributed by atoms with Gasteiger partial charge in [0.1, 0.15) is 5.82 Å². The molecule has 1 saturated heterocycles. The van der Waals surface area contributed by atoms with Crippen LogP contribution in [0.1, 0.15) is 50.8 Å². The number of nitrogens with one attached hydrogen (secondary N) is 1. The molecule has 0 radical (unpaired) electrons. The van der Waals surface area contributed by atoms with E-state index < -0.39 is 0 Å². The summed E-state index contributed by atoms with van der Waals surface area (Å²) < 4.78 is 2.20. The number of thioether (sulfide) groups is 1. The number of unbranched alkanes of at least 4 members (excludes halogenated alkanes) is 2. The lowest BCUT2D eigenvalue weighted by Gasteiger charge is -2.21. The fraction of sp³-hybridized carbons (Fsp3) is 0.846. The van der Waals surface area contributed by atoms with Crippen LogP contribution in [0.2, 0.25) is 0 Å². The van der Waals surface area contributed by atoms with Crippen molar-refractivity contribution in [1.29, 1.82) is 0 Å². The van der Waals surface area contributed by atoms with E-state index in [0.29, 0.717) is 5.92 Å². The normalized spacial score (nSPS) is 16.3. The van der Waals surface area contributed by atoms with Crippen LogP contribution in [0.15, 0.2) is 5.16 Å². The second-order valence-corrected chi connectivity index (χ2v) is 6.04. The maximum absolute atomic E-state index is 4.40.